The smallest absolute Gasteiger partial charge is 0.191 e. The second-order valence-corrected chi connectivity index (χ2v) is 5.73. The fraction of sp³-hybridized carbons (Fsp3) is 0.929. The molecule has 2 N–H and O–H groups in total. The van der Waals surface area contributed by atoms with E-state index in [-0.39, 0.29) is 24.0 Å². The Balaban J connectivity index is 0.00000324. The number of hydrogen-bond acceptors (Lipinski definition) is 2. The van der Waals surface area contributed by atoms with Gasteiger partial charge in [-0.2, -0.15) is 0 Å². The molecule has 0 aliphatic carbocycles. The molecule has 0 aromatic rings. The third-order valence-electron chi connectivity index (χ3n) is 3.33. The van der Waals surface area contributed by atoms with Crippen LogP contribution >= 0.6 is 24.0 Å². The van der Waals surface area contributed by atoms with Gasteiger partial charge in [-0.1, -0.05) is 20.8 Å². The number of nitrogens with zero attached hydrogens (tertiary/aromatic N) is 2. The molecule has 4 nitrogen and oxygen atoms in total. The Kier molecular flexibility index (Phi) is 10.7. The van der Waals surface area contributed by atoms with Crippen molar-refractivity contribution < 1.29 is 4.74 Å². The Labute approximate surface area is 135 Å². The van der Waals surface area contributed by atoms with Crippen molar-refractivity contribution in [3.8, 4) is 0 Å². The molecule has 1 rings (SSSR count). The topological polar surface area (TPSA) is 50.9 Å². The first-order chi connectivity index (χ1) is 8.59. The van der Waals surface area contributed by atoms with Crippen LogP contribution in [-0.4, -0.2) is 43.7 Å². The molecule has 0 radical (unpaired) electrons. The van der Waals surface area contributed by atoms with Crippen LogP contribution < -0.4 is 5.73 Å². The summed E-state index contributed by atoms with van der Waals surface area (Å²) < 4.78 is 5.52. The van der Waals surface area contributed by atoms with Gasteiger partial charge in [0.2, 0.25) is 0 Å². The molecule has 1 aliphatic rings. The highest BCUT2D eigenvalue weighted by molar-refractivity contribution is 14.0. The molecule has 1 atom stereocenters. The third-order valence-corrected chi connectivity index (χ3v) is 3.33. The summed E-state index contributed by atoms with van der Waals surface area (Å²) >= 11 is 0. The van der Waals surface area contributed by atoms with Crippen LogP contribution in [0, 0.1) is 11.8 Å². The third kappa shape index (κ3) is 8.68. The fourth-order valence-corrected chi connectivity index (χ4v) is 2.14. The minimum atomic E-state index is 0. The van der Waals surface area contributed by atoms with E-state index >= 15 is 0 Å². The molecule has 0 aromatic carbocycles. The average molecular weight is 383 g/mol. The molecule has 1 unspecified atom stereocenters. The van der Waals surface area contributed by atoms with Crippen molar-refractivity contribution in [2.24, 2.45) is 22.6 Å². The van der Waals surface area contributed by atoms with Crippen molar-refractivity contribution in [2.75, 3.05) is 32.8 Å². The van der Waals surface area contributed by atoms with Crippen LogP contribution in [0.1, 0.15) is 40.0 Å². The zero-order valence-electron chi connectivity index (χ0n) is 12.6. The Morgan fingerprint density at radius 3 is 2.79 bits per heavy atom. The number of hydrogen-bond donors (Lipinski definition) is 1. The first-order valence-corrected chi connectivity index (χ1v) is 7.22. The largest absolute Gasteiger partial charge is 0.380 e. The summed E-state index contributed by atoms with van der Waals surface area (Å²) in [5, 5.41) is 0. The lowest BCUT2D eigenvalue weighted by atomic mass is 10.0. The summed E-state index contributed by atoms with van der Waals surface area (Å²) in [6.07, 6.45) is 3.65. The number of ether oxygens (including phenoxy) is 1. The van der Waals surface area contributed by atoms with Gasteiger partial charge in [-0.05, 0) is 31.1 Å². The van der Waals surface area contributed by atoms with Crippen LogP contribution in [0.25, 0.3) is 0 Å². The number of piperidine rings is 1. The molecule has 0 amide bonds. The van der Waals surface area contributed by atoms with Gasteiger partial charge in [-0.3, -0.25) is 4.99 Å². The molecule has 1 aliphatic heterocycles. The second kappa shape index (κ2) is 10.7. The van der Waals surface area contributed by atoms with Gasteiger partial charge < -0.3 is 15.4 Å². The summed E-state index contributed by atoms with van der Waals surface area (Å²) in [6, 6.07) is 0. The maximum Gasteiger partial charge on any atom is 0.191 e. The summed E-state index contributed by atoms with van der Waals surface area (Å²) in [7, 11) is 0. The maximum absolute atomic E-state index is 5.99. The molecule has 0 saturated carbocycles. The van der Waals surface area contributed by atoms with Crippen molar-refractivity contribution in [2.45, 2.75) is 40.0 Å². The SMILES string of the molecule is CC(C)CCOCCN=C(N)N1CCCC(C)C1.I. The van der Waals surface area contributed by atoms with Gasteiger partial charge >= 0.3 is 0 Å². The van der Waals surface area contributed by atoms with Gasteiger partial charge in [-0.25, -0.2) is 0 Å². The quantitative estimate of drug-likeness (QED) is 0.332. The van der Waals surface area contributed by atoms with Gasteiger partial charge in [0.1, 0.15) is 0 Å². The van der Waals surface area contributed by atoms with Crippen LogP contribution in [-0.2, 0) is 4.74 Å². The first kappa shape index (κ1) is 19.0. The van der Waals surface area contributed by atoms with Crippen LogP contribution in [0.15, 0.2) is 4.99 Å². The number of nitrogens with two attached hydrogens (primary N) is 1. The Hall–Kier alpha value is -0.0400. The van der Waals surface area contributed by atoms with E-state index in [1.54, 1.807) is 0 Å². The van der Waals surface area contributed by atoms with E-state index in [1.165, 1.54) is 12.8 Å². The van der Waals surface area contributed by atoms with E-state index in [4.69, 9.17) is 10.5 Å². The van der Waals surface area contributed by atoms with Crippen LogP contribution in [0.5, 0.6) is 0 Å². The van der Waals surface area contributed by atoms with Crippen LogP contribution in [0.2, 0.25) is 0 Å². The predicted octanol–water partition coefficient (Wildman–Crippen LogP) is 2.71. The summed E-state index contributed by atoms with van der Waals surface area (Å²) in [5.41, 5.74) is 5.99. The highest BCUT2D eigenvalue weighted by Crippen LogP contribution is 2.14. The Morgan fingerprint density at radius 2 is 2.16 bits per heavy atom. The van der Waals surface area contributed by atoms with Crippen molar-refractivity contribution in [3.05, 3.63) is 0 Å². The lowest BCUT2D eigenvalue weighted by Gasteiger charge is -2.31. The lowest BCUT2D eigenvalue weighted by molar-refractivity contribution is 0.130. The van der Waals surface area contributed by atoms with E-state index in [0.29, 0.717) is 25.0 Å². The fourth-order valence-electron chi connectivity index (χ4n) is 2.14. The molecule has 5 heteroatoms. The van der Waals surface area contributed by atoms with Gasteiger partial charge in [0, 0.05) is 19.7 Å². The Morgan fingerprint density at radius 1 is 1.42 bits per heavy atom. The number of aliphatic imine (C=N–C) groups is 1. The summed E-state index contributed by atoms with van der Waals surface area (Å²) in [6.45, 7) is 11.0. The number of guanidine groups is 1. The molecule has 1 fully saturated rings. The van der Waals surface area contributed by atoms with Crippen molar-refractivity contribution in [1.82, 2.24) is 4.90 Å². The van der Waals surface area contributed by atoms with Gasteiger partial charge in [0.25, 0.3) is 0 Å². The average Bonchev–Trinajstić information content (AvgIpc) is 2.33. The molecule has 19 heavy (non-hydrogen) atoms. The molecular formula is C14H30IN3O. The van der Waals surface area contributed by atoms with E-state index in [2.05, 4.69) is 30.7 Å². The highest BCUT2D eigenvalue weighted by atomic mass is 127. The van der Waals surface area contributed by atoms with Gasteiger partial charge in [0.15, 0.2) is 5.96 Å². The first-order valence-electron chi connectivity index (χ1n) is 7.22. The number of halogens is 1. The standard InChI is InChI=1S/C14H29N3O.HI/c1-12(2)6-9-18-10-7-16-14(15)17-8-4-5-13(3)11-17;/h12-13H,4-11H2,1-3H3,(H2,15,16);1H. The van der Waals surface area contributed by atoms with Crippen molar-refractivity contribution in [3.63, 3.8) is 0 Å². The second-order valence-electron chi connectivity index (χ2n) is 5.73. The molecule has 0 aromatic heterocycles. The molecule has 1 heterocycles. The zero-order chi connectivity index (χ0) is 13.4. The predicted molar refractivity (Wildman–Crippen MR) is 92.1 cm³/mol. The highest BCUT2D eigenvalue weighted by Gasteiger charge is 2.17. The van der Waals surface area contributed by atoms with E-state index in [1.807, 2.05) is 0 Å². The molecular weight excluding hydrogens is 353 g/mol. The zero-order valence-corrected chi connectivity index (χ0v) is 14.9. The lowest BCUT2D eigenvalue weighted by Crippen LogP contribution is -2.43. The molecule has 1 saturated heterocycles. The van der Waals surface area contributed by atoms with Crippen molar-refractivity contribution in [1.29, 1.82) is 0 Å². The minimum absolute atomic E-state index is 0. The normalized spacial score (nSPS) is 20.5. The Bertz CT molecular complexity index is 259. The summed E-state index contributed by atoms with van der Waals surface area (Å²) in [4.78, 5) is 6.59. The number of likely N-dealkylation sites (tertiary alicyclic amines) is 1. The van der Waals surface area contributed by atoms with Crippen LogP contribution in [0.3, 0.4) is 0 Å². The number of rotatable bonds is 6. The van der Waals surface area contributed by atoms with Gasteiger partial charge in [-0.15, -0.1) is 24.0 Å². The van der Waals surface area contributed by atoms with Crippen molar-refractivity contribution >= 4 is 29.9 Å². The van der Waals surface area contributed by atoms with E-state index < -0.39 is 0 Å². The monoisotopic (exact) mass is 383 g/mol. The maximum atomic E-state index is 5.99. The van der Waals surface area contributed by atoms with Gasteiger partial charge in [0.05, 0.1) is 13.2 Å². The van der Waals surface area contributed by atoms with E-state index in [0.717, 1.165) is 32.0 Å². The van der Waals surface area contributed by atoms with Crippen LogP contribution in [0.4, 0.5) is 0 Å². The molecule has 0 bridgehead atoms. The molecule has 0 spiro atoms. The minimum Gasteiger partial charge on any atom is -0.380 e. The molecule has 114 valence electrons. The van der Waals surface area contributed by atoms with E-state index in [9.17, 15) is 0 Å². The summed E-state index contributed by atoms with van der Waals surface area (Å²) in [5.74, 6) is 2.12.